The number of methoxy groups -OCH3 is 1. The molecular weight excluding hydrogens is 290 g/mol. The molecule has 17 heavy (non-hydrogen) atoms. The van der Waals surface area contributed by atoms with Crippen molar-refractivity contribution in [3.63, 3.8) is 0 Å². The van der Waals surface area contributed by atoms with Crippen LogP contribution in [0.3, 0.4) is 0 Å². The lowest BCUT2D eigenvalue weighted by molar-refractivity contribution is 0.0944. The Bertz CT molecular complexity index is 377. The summed E-state index contributed by atoms with van der Waals surface area (Å²) < 4.78 is 4.89. The fourth-order valence-electron chi connectivity index (χ4n) is 1.29. The van der Waals surface area contributed by atoms with E-state index in [0.717, 1.165) is 0 Å². The van der Waals surface area contributed by atoms with Crippen molar-refractivity contribution >= 4 is 21.8 Å². The average Bonchev–Trinajstić information content (AvgIpc) is 2.26. The van der Waals surface area contributed by atoms with Gasteiger partial charge >= 0.3 is 0 Å². The molecule has 0 heterocycles. The van der Waals surface area contributed by atoms with Gasteiger partial charge in [-0.1, -0.05) is 22.0 Å². The Kier molecular flexibility index (Phi) is 5.24. The largest absolute Gasteiger partial charge is 0.507 e. The van der Waals surface area contributed by atoms with Crippen LogP contribution in [0.2, 0.25) is 0 Å². The predicted octanol–water partition coefficient (Wildman–Crippen LogP) is 1.24. The molecule has 0 bridgehead atoms. The molecule has 1 aromatic rings. The zero-order chi connectivity index (χ0) is 12.8. The van der Waals surface area contributed by atoms with E-state index in [4.69, 9.17) is 4.74 Å². The third-order valence-electron chi connectivity index (χ3n) is 2.08. The normalized spacial score (nSPS) is 12.1. The third kappa shape index (κ3) is 3.90. The van der Waals surface area contributed by atoms with E-state index in [1.54, 1.807) is 7.11 Å². The molecule has 0 aliphatic heterocycles. The smallest absolute Gasteiger partial charge is 0.258 e. The van der Waals surface area contributed by atoms with E-state index < -0.39 is 5.91 Å². The molecule has 0 saturated heterocycles. The molecule has 6 heteroatoms. The van der Waals surface area contributed by atoms with E-state index >= 15 is 0 Å². The summed E-state index contributed by atoms with van der Waals surface area (Å²) >= 11 is 3.31. The van der Waals surface area contributed by atoms with Crippen molar-refractivity contribution in [2.75, 3.05) is 20.3 Å². The summed E-state index contributed by atoms with van der Waals surface area (Å²) in [6, 6.07) is 4.14. The molecule has 3 N–H and O–H groups in total. The van der Waals surface area contributed by atoms with Gasteiger partial charge < -0.3 is 20.3 Å². The quantitative estimate of drug-likeness (QED) is 0.715. The summed E-state index contributed by atoms with van der Waals surface area (Å²) in [6.45, 7) is 0.785. The number of rotatable bonds is 5. The van der Waals surface area contributed by atoms with E-state index in [2.05, 4.69) is 21.2 Å². The second kappa shape index (κ2) is 6.46. The summed E-state index contributed by atoms with van der Waals surface area (Å²) in [4.78, 5) is 11.7. The molecule has 0 saturated carbocycles. The number of amides is 1. The minimum atomic E-state index is -0.527. The van der Waals surface area contributed by atoms with Gasteiger partial charge in [0.05, 0.1) is 11.4 Å². The first-order chi connectivity index (χ1) is 8.06. The maximum atomic E-state index is 11.7. The van der Waals surface area contributed by atoms with Crippen LogP contribution in [0.25, 0.3) is 0 Å². The van der Waals surface area contributed by atoms with E-state index in [0.29, 0.717) is 13.2 Å². The standard InChI is InChI=1S/C11H14BrNO4/c1-17-6-7(12)5-13-11(16)10-8(14)3-2-4-9(10)15/h2-4,7,14-15H,5-6H2,1H3,(H,13,16). The number of hydrogen-bond acceptors (Lipinski definition) is 4. The monoisotopic (exact) mass is 303 g/mol. The molecule has 0 fully saturated rings. The van der Waals surface area contributed by atoms with Crippen molar-refractivity contribution in [2.24, 2.45) is 0 Å². The fraction of sp³-hybridized carbons (Fsp3) is 0.364. The Morgan fingerprint density at radius 3 is 2.59 bits per heavy atom. The van der Waals surface area contributed by atoms with Gasteiger partial charge in [-0.05, 0) is 12.1 Å². The number of phenolic OH excluding ortho intramolecular Hbond substituents is 2. The van der Waals surface area contributed by atoms with Crippen LogP contribution in [0.1, 0.15) is 10.4 Å². The molecule has 0 aliphatic rings. The van der Waals surface area contributed by atoms with Gasteiger partial charge in [-0.25, -0.2) is 0 Å². The number of carbonyl (C=O) groups is 1. The number of phenols is 2. The Balaban J connectivity index is 2.64. The van der Waals surface area contributed by atoms with Gasteiger partial charge in [0.2, 0.25) is 0 Å². The lowest BCUT2D eigenvalue weighted by Crippen LogP contribution is -2.31. The minimum Gasteiger partial charge on any atom is -0.507 e. The van der Waals surface area contributed by atoms with Crippen molar-refractivity contribution in [3.05, 3.63) is 23.8 Å². The average molecular weight is 304 g/mol. The number of aromatic hydroxyl groups is 2. The minimum absolute atomic E-state index is 0.0237. The second-order valence-corrected chi connectivity index (χ2v) is 4.73. The summed E-state index contributed by atoms with van der Waals surface area (Å²) in [5.41, 5.74) is -0.121. The Morgan fingerprint density at radius 1 is 1.47 bits per heavy atom. The molecule has 94 valence electrons. The molecule has 1 rings (SSSR count). The fourth-order valence-corrected chi connectivity index (χ4v) is 1.72. The van der Waals surface area contributed by atoms with Crippen molar-refractivity contribution in [1.29, 1.82) is 0 Å². The number of benzene rings is 1. The molecule has 1 atom stereocenters. The molecule has 0 spiro atoms. The van der Waals surface area contributed by atoms with Crippen LogP contribution in [0.4, 0.5) is 0 Å². The van der Waals surface area contributed by atoms with E-state index in [1.165, 1.54) is 18.2 Å². The molecule has 5 nitrogen and oxygen atoms in total. The van der Waals surface area contributed by atoms with Gasteiger partial charge in [-0.15, -0.1) is 0 Å². The van der Waals surface area contributed by atoms with Crippen molar-refractivity contribution < 1.29 is 19.7 Å². The molecule has 0 aliphatic carbocycles. The highest BCUT2D eigenvalue weighted by Gasteiger charge is 2.16. The number of carbonyl (C=O) groups excluding carboxylic acids is 1. The van der Waals surface area contributed by atoms with E-state index in [9.17, 15) is 15.0 Å². The van der Waals surface area contributed by atoms with Crippen LogP contribution < -0.4 is 5.32 Å². The molecule has 1 aromatic carbocycles. The number of alkyl halides is 1. The summed E-state index contributed by atoms with van der Waals surface area (Å²) in [5.74, 6) is -1.03. The zero-order valence-corrected chi connectivity index (χ0v) is 10.9. The highest BCUT2D eigenvalue weighted by Crippen LogP contribution is 2.25. The highest BCUT2D eigenvalue weighted by molar-refractivity contribution is 9.09. The number of nitrogens with one attached hydrogen (secondary N) is 1. The molecule has 0 aromatic heterocycles. The number of halogens is 1. The maximum Gasteiger partial charge on any atom is 0.258 e. The predicted molar refractivity (Wildman–Crippen MR) is 66.7 cm³/mol. The SMILES string of the molecule is COCC(Br)CNC(=O)c1c(O)cccc1O. The first-order valence-corrected chi connectivity index (χ1v) is 5.90. The van der Waals surface area contributed by atoms with Gasteiger partial charge in [0, 0.05) is 13.7 Å². The van der Waals surface area contributed by atoms with Gasteiger partial charge in [-0.3, -0.25) is 4.79 Å². The number of ether oxygens (including phenoxy) is 1. The van der Waals surface area contributed by atoms with Crippen LogP contribution in [0, 0.1) is 0 Å². The summed E-state index contributed by atoms with van der Waals surface area (Å²) in [6.07, 6.45) is 0. The molecule has 0 radical (unpaired) electrons. The van der Waals surface area contributed by atoms with Crippen LogP contribution >= 0.6 is 15.9 Å². The van der Waals surface area contributed by atoms with Gasteiger partial charge in [-0.2, -0.15) is 0 Å². The lowest BCUT2D eigenvalue weighted by atomic mass is 10.1. The first kappa shape index (κ1) is 13.8. The molecular formula is C11H14BrNO4. The van der Waals surface area contributed by atoms with Gasteiger partial charge in [0.1, 0.15) is 17.1 Å². The first-order valence-electron chi connectivity index (χ1n) is 4.98. The Hall–Kier alpha value is -1.27. The molecule has 1 unspecified atom stereocenters. The maximum absolute atomic E-state index is 11.7. The highest BCUT2D eigenvalue weighted by atomic mass is 79.9. The topological polar surface area (TPSA) is 78.8 Å². The Labute approximate surface area is 108 Å². The van der Waals surface area contributed by atoms with Crippen molar-refractivity contribution in [3.8, 4) is 11.5 Å². The van der Waals surface area contributed by atoms with Crippen LogP contribution in [-0.2, 0) is 4.74 Å². The van der Waals surface area contributed by atoms with Crippen molar-refractivity contribution in [2.45, 2.75) is 4.83 Å². The van der Waals surface area contributed by atoms with Crippen LogP contribution in [-0.4, -0.2) is 41.2 Å². The summed E-state index contributed by atoms with van der Waals surface area (Å²) in [7, 11) is 1.56. The van der Waals surface area contributed by atoms with Gasteiger partial charge in [0.25, 0.3) is 5.91 Å². The van der Waals surface area contributed by atoms with Crippen LogP contribution in [0.15, 0.2) is 18.2 Å². The van der Waals surface area contributed by atoms with Crippen molar-refractivity contribution in [1.82, 2.24) is 5.32 Å². The Morgan fingerprint density at radius 2 is 2.06 bits per heavy atom. The lowest BCUT2D eigenvalue weighted by Gasteiger charge is -2.11. The van der Waals surface area contributed by atoms with E-state index in [-0.39, 0.29) is 21.9 Å². The summed E-state index contributed by atoms with van der Waals surface area (Å²) in [5, 5.41) is 21.5. The van der Waals surface area contributed by atoms with Crippen LogP contribution in [0.5, 0.6) is 11.5 Å². The second-order valence-electron chi connectivity index (χ2n) is 3.43. The van der Waals surface area contributed by atoms with E-state index in [1.807, 2.05) is 0 Å². The third-order valence-corrected chi connectivity index (χ3v) is 2.67. The zero-order valence-electron chi connectivity index (χ0n) is 9.31. The number of hydrogen-bond donors (Lipinski definition) is 3. The molecule has 1 amide bonds. The van der Waals surface area contributed by atoms with Gasteiger partial charge in [0.15, 0.2) is 0 Å².